The highest BCUT2D eigenvalue weighted by atomic mass is 16.2. The van der Waals surface area contributed by atoms with Crippen molar-refractivity contribution in [3.05, 3.63) is 0 Å². The topological polar surface area (TPSA) is 46.2 Å². The zero-order valence-corrected chi connectivity index (χ0v) is 8.52. The maximum atomic E-state index is 11.6. The molecule has 0 aromatic heterocycles. The molecule has 1 rings (SSSR count). The molecule has 0 atom stereocenters. The summed E-state index contributed by atoms with van der Waals surface area (Å²) in [6.07, 6.45) is 3.49. The minimum Gasteiger partial charge on any atom is -0.343 e. The molecule has 1 saturated carbocycles. The lowest BCUT2D eigenvalue weighted by molar-refractivity contribution is -0.135. The molecule has 0 saturated heterocycles. The van der Waals surface area contributed by atoms with E-state index < -0.39 is 11.0 Å². The summed E-state index contributed by atoms with van der Waals surface area (Å²) in [4.78, 5) is 22.3. The van der Waals surface area contributed by atoms with Gasteiger partial charge in [-0.25, -0.2) is 0 Å². The fourth-order valence-corrected chi connectivity index (χ4v) is 1.24. The van der Waals surface area contributed by atoms with E-state index in [2.05, 4.69) is 5.32 Å². The monoisotopic (exact) mass is 183 g/mol. The van der Waals surface area contributed by atoms with Gasteiger partial charge in [0.1, 0.15) is 6.29 Å². The van der Waals surface area contributed by atoms with Crippen molar-refractivity contribution in [3.63, 3.8) is 0 Å². The highest BCUT2D eigenvalue weighted by molar-refractivity contribution is 5.86. The standard InChI is InChI=1S/C10H17NO2/c1-9(2,3)8(13)11-10(7-12)5-4-6-10/h7H,4-6H2,1-3H3,(H,11,13). The van der Waals surface area contributed by atoms with Crippen LogP contribution in [0, 0.1) is 5.41 Å². The number of nitrogens with one attached hydrogen (secondary N) is 1. The van der Waals surface area contributed by atoms with Crippen molar-refractivity contribution in [3.8, 4) is 0 Å². The summed E-state index contributed by atoms with van der Waals surface area (Å²) in [5, 5.41) is 2.81. The van der Waals surface area contributed by atoms with Gasteiger partial charge in [0.25, 0.3) is 0 Å². The van der Waals surface area contributed by atoms with Crippen LogP contribution in [0.25, 0.3) is 0 Å². The highest BCUT2D eigenvalue weighted by Crippen LogP contribution is 2.30. The second-order valence-electron chi connectivity index (χ2n) is 4.83. The van der Waals surface area contributed by atoms with Crippen molar-refractivity contribution >= 4 is 12.2 Å². The second kappa shape index (κ2) is 3.13. The first-order valence-corrected chi connectivity index (χ1v) is 4.69. The molecule has 0 aromatic rings. The molecule has 0 aliphatic heterocycles. The quantitative estimate of drug-likeness (QED) is 0.655. The largest absolute Gasteiger partial charge is 0.343 e. The SMILES string of the molecule is CC(C)(C)C(=O)NC1(C=O)CCC1. The van der Waals surface area contributed by atoms with Crippen LogP contribution in [0.2, 0.25) is 0 Å². The number of hydrogen-bond acceptors (Lipinski definition) is 2. The Balaban J connectivity index is 2.57. The second-order valence-corrected chi connectivity index (χ2v) is 4.83. The molecule has 0 heterocycles. The fraction of sp³-hybridized carbons (Fsp3) is 0.800. The lowest BCUT2D eigenvalue weighted by Gasteiger charge is -2.39. The Morgan fingerprint density at radius 1 is 1.38 bits per heavy atom. The van der Waals surface area contributed by atoms with Crippen LogP contribution in [0.5, 0.6) is 0 Å². The minimum atomic E-state index is -0.537. The molecule has 0 radical (unpaired) electrons. The zero-order chi connectivity index (χ0) is 10.1. The average molecular weight is 183 g/mol. The van der Waals surface area contributed by atoms with E-state index in [1.165, 1.54) is 0 Å². The number of rotatable bonds is 2. The number of hydrogen-bond donors (Lipinski definition) is 1. The van der Waals surface area contributed by atoms with Gasteiger partial charge in [0.05, 0.1) is 5.54 Å². The molecule has 0 unspecified atom stereocenters. The van der Waals surface area contributed by atoms with Crippen LogP contribution >= 0.6 is 0 Å². The van der Waals surface area contributed by atoms with Crippen LogP contribution in [-0.2, 0) is 9.59 Å². The molecule has 13 heavy (non-hydrogen) atoms. The summed E-state index contributed by atoms with van der Waals surface area (Å²) in [7, 11) is 0. The van der Waals surface area contributed by atoms with Gasteiger partial charge in [0.2, 0.25) is 5.91 Å². The van der Waals surface area contributed by atoms with E-state index in [4.69, 9.17) is 0 Å². The highest BCUT2D eigenvalue weighted by Gasteiger charge is 2.40. The predicted octanol–water partition coefficient (Wildman–Crippen LogP) is 1.27. The van der Waals surface area contributed by atoms with Gasteiger partial charge < -0.3 is 10.1 Å². The van der Waals surface area contributed by atoms with Crippen LogP contribution in [0.4, 0.5) is 0 Å². The predicted molar refractivity (Wildman–Crippen MR) is 50.2 cm³/mol. The van der Waals surface area contributed by atoms with Crippen LogP contribution in [0.15, 0.2) is 0 Å². The molecule has 0 aromatic carbocycles. The van der Waals surface area contributed by atoms with Gasteiger partial charge >= 0.3 is 0 Å². The van der Waals surface area contributed by atoms with Crippen molar-refractivity contribution in [2.24, 2.45) is 5.41 Å². The first kappa shape index (κ1) is 10.2. The van der Waals surface area contributed by atoms with Crippen LogP contribution in [0.3, 0.4) is 0 Å². The maximum absolute atomic E-state index is 11.6. The van der Waals surface area contributed by atoms with Crippen molar-refractivity contribution in [2.75, 3.05) is 0 Å². The van der Waals surface area contributed by atoms with E-state index in [1.54, 1.807) is 0 Å². The Labute approximate surface area is 78.9 Å². The molecule has 1 amide bonds. The third-order valence-electron chi connectivity index (χ3n) is 2.52. The Morgan fingerprint density at radius 3 is 2.15 bits per heavy atom. The van der Waals surface area contributed by atoms with Crippen LogP contribution < -0.4 is 5.32 Å². The van der Waals surface area contributed by atoms with Crippen LogP contribution in [0.1, 0.15) is 40.0 Å². The first-order chi connectivity index (χ1) is 5.90. The summed E-state index contributed by atoms with van der Waals surface area (Å²) in [6.45, 7) is 5.54. The van der Waals surface area contributed by atoms with Crippen molar-refractivity contribution < 1.29 is 9.59 Å². The molecule has 74 valence electrons. The Morgan fingerprint density at radius 2 is 1.92 bits per heavy atom. The van der Waals surface area contributed by atoms with Gasteiger partial charge in [-0.2, -0.15) is 0 Å². The molecule has 0 bridgehead atoms. The molecular weight excluding hydrogens is 166 g/mol. The third kappa shape index (κ3) is 2.08. The molecule has 0 spiro atoms. The molecule has 1 aliphatic carbocycles. The first-order valence-electron chi connectivity index (χ1n) is 4.69. The van der Waals surface area contributed by atoms with E-state index in [0.717, 1.165) is 25.5 Å². The summed E-state index contributed by atoms with van der Waals surface area (Å²) >= 11 is 0. The van der Waals surface area contributed by atoms with E-state index in [0.29, 0.717) is 0 Å². The van der Waals surface area contributed by atoms with E-state index in [1.807, 2.05) is 20.8 Å². The number of carbonyl (C=O) groups is 2. The van der Waals surface area contributed by atoms with Crippen molar-refractivity contribution in [1.29, 1.82) is 0 Å². The lowest BCUT2D eigenvalue weighted by Crippen LogP contribution is -2.57. The third-order valence-corrected chi connectivity index (χ3v) is 2.52. The van der Waals surface area contributed by atoms with Crippen LogP contribution in [-0.4, -0.2) is 17.7 Å². The van der Waals surface area contributed by atoms with Gasteiger partial charge in [0.15, 0.2) is 0 Å². The fourth-order valence-electron chi connectivity index (χ4n) is 1.24. The summed E-state index contributed by atoms with van der Waals surface area (Å²) in [5.41, 5.74) is -0.948. The van der Waals surface area contributed by atoms with Gasteiger partial charge in [-0.3, -0.25) is 4.79 Å². The smallest absolute Gasteiger partial charge is 0.226 e. The summed E-state index contributed by atoms with van der Waals surface area (Å²) in [5.74, 6) is -0.0423. The average Bonchev–Trinajstić information content (AvgIpc) is 1.94. The summed E-state index contributed by atoms with van der Waals surface area (Å²) in [6, 6.07) is 0. The van der Waals surface area contributed by atoms with E-state index in [-0.39, 0.29) is 5.91 Å². The maximum Gasteiger partial charge on any atom is 0.226 e. The molecule has 3 nitrogen and oxygen atoms in total. The normalized spacial score (nSPS) is 20.2. The Kier molecular flexibility index (Phi) is 2.46. The zero-order valence-electron chi connectivity index (χ0n) is 8.52. The molecule has 3 heteroatoms. The number of aldehydes is 1. The van der Waals surface area contributed by atoms with Gasteiger partial charge in [0, 0.05) is 5.41 Å². The number of carbonyl (C=O) groups excluding carboxylic acids is 2. The van der Waals surface area contributed by atoms with Crippen molar-refractivity contribution in [1.82, 2.24) is 5.32 Å². The molecular formula is C10H17NO2. The Hall–Kier alpha value is -0.860. The van der Waals surface area contributed by atoms with E-state index in [9.17, 15) is 9.59 Å². The summed E-state index contributed by atoms with van der Waals surface area (Å²) < 4.78 is 0. The molecule has 1 aliphatic rings. The van der Waals surface area contributed by atoms with Gasteiger partial charge in [-0.1, -0.05) is 20.8 Å². The van der Waals surface area contributed by atoms with Crippen molar-refractivity contribution in [2.45, 2.75) is 45.6 Å². The molecule has 1 N–H and O–H groups in total. The lowest BCUT2D eigenvalue weighted by atomic mass is 9.77. The number of amides is 1. The Bertz CT molecular complexity index is 224. The van der Waals surface area contributed by atoms with Gasteiger partial charge in [-0.05, 0) is 19.3 Å². The van der Waals surface area contributed by atoms with Gasteiger partial charge in [-0.15, -0.1) is 0 Å². The minimum absolute atomic E-state index is 0.0423. The van der Waals surface area contributed by atoms with E-state index >= 15 is 0 Å². The molecule has 1 fully saturated rings.